The topological polar surface area (TPSA) is 111 Å². The van der Waals surface area contributed by atoms with E-state index in [9.17, 15) is 9.59 Å². The molecule has 4 rings (SSSR count). The minimum absolute atomic E-state index is 0.558. The van der Waals surface area contributed by atoms with Crippen molar-refractivity contribution in [2.75, 3.05) is 33.2 Å². The number of rotatable bonds is 2. The van der Waals surface area contributed by atoms with Crippen LogP contribution in [0.1, 0.15) is 17.8 Å². The van der Waals surface area contributed by atoms with Gasteiger partial charge in [0.2, 0.25) is 5.96 Å². The van der Waals surface area contributed by atoms with E-state index in [0.717, 1.165) is 50.1 Å². The highest BCUT2D eigenvalue weighted by Gasteiger charge is 2.22. The minimum Gasteiger partial charge on any atom is -0.478 e. The number of aliphatic imine (C=N–C) groups is 1. The Balaban J connectivity index is 0.000000275. The van der Waals surface area contributed by atoms with Crippen LogP contribution in [0.2, 0.25) is 0 Å². The van der Waals surface area contributed by atoms with Gasteiger partial charge in [-0.1, -0.05) is 18.2 Å². The highest BCUT2D eigenvalue weighted by atomic mass is 16.4. The quantitative estimate of drug-likeness (QED) is 0.723. The van der Waals surface area contributed by atoms with Gasteiger partial charge >= 0.3 is 11.9 Å². The molecule has 0 amide bonds. The lowest BCUT2D eigenvalue weighted by atomic mass is 10.1. The molecule has 1 aromatic heterocycles. The normalized spacial score (nSPS) is 16.4. The summed E-state index contributed by atoms with van der Waals surface area (Å²) in [6.45, 7) is 4.28. The van der Waals surface area contributed by atoms with Crippen molar-refractivity contribution >= 4 is 23.6 Å². The molecule has 158 valence electrons. The van der Waals surface area contributed by atoms with E-state index >= 15 is 0 Å². The van der Waals surface area contributed by atoms with Crippen LogP contribution in [0.5, 0.6) is 0 Å². The molecule has 2 aliphatic heterocycles. The summed E-state index contributed by atoms with van der Waals surface area (Å²) in [5.74, 6) is -0.422. The molecule has 30 heavy (non-hydrogen) atoms. The summed E-state index contributed by atoms with van der Waals surface area (Å²) in [6.07, 6.45) is 7.03. The Morgan fingerprint density at radius 3 is 2.50 bits per heavy atom. The number of carboxylic acids is 2. The molecule has 9 heteroatoms. The Bertz CT molecular complexity index is 950. The third-order valence-electron chi connectivity index (χ3n) is 4.86. The molecule has 2 aliphatic rings. The first kappa shape index (κ1) is 21.3. The first-order valence-corrected chi connectivity index (χ1v) is 9.70. The number of hydrogen-bond acceptors (Lipinski definition) is 6. The number of aliphatic carboxylic acids is 2. The molecular formula is C21H25N5O4. The fraction of sp³-hybridized carbons (Fsp3) is 0.333. The van der Waals surface area contributed by atoms with Crippen molar-refractivity contribution in [1.29, 1.82) is 0 Å². The van der Waals surface area contributed by atoms with Crippen LogP contribution in [0.15, 0.2) is 53.8 Å². The lowest BCUT2D eigenvalue weighted by Gasteiger charge is -2.25. The third-order valence-corrected chi connectivity index (χ3v) is 4.86. The average Bonchev–Trinajstić information content (AvgIpc) is 2.97. The smallest absolute Gasteiger partial charge is 0.328 e. The molecule has 0 unspecified atom stereocenters. The van der Waals surface area contributed by atoms with Gasteiger partial charge in [-0.05, 0) is 31.6 Å². The van der Waals surface area contributed by atoms with E-state index in [4.69, 9.17) is 15.2 Å². The van der Waals surface area contributed by atoms with E-state index < -0.39 is 11.9 Å². The van der Waals surface area contributed by atoms with Crippen molar-refractivity contribution in [2.45, 2.75) is 12.8 Å². The van der Waals surface area contributed by atoms with Crippen LogP contribution >= 0.6 is 0 Å². The summed E-state index contributed by atoms with van der Waals surface area (Å²) in [7, 11) is 2.19. The van der Waals surface area contributed by atoms with Crippen molar-refractivity contribution < 1.29 is 19.8 Å². The Hall–Kier alpha value is -3.46. The number of imidazole rings is 1. The van der Waals surface area contributed by atoms with Gasteiger partial charge in [-0.3, -0.25) is 4.57 Å². The van der Waals surface area contributed by atoms with Crippen LogP contribution in [0.4, 0.5) is 5.69 Å². The van der Waals surface area contributed by atoms with Crippen LogP contribution in [-0.4, -0.2) is 80.7 Å². The Labute approximate surface area is 174 Å². The van der Waals surface area contributed by atoms with Gasteiger partial charge in [-0.15, -0.1) is 0 Å². The number of hydrogen-bond donors (Lipinski definition) is 2. The molecule has 0 atom stereocenters. The molecule has 0 aliphatic carbocycles. The monoisotopic (exact) mass is 411 g/mol. The lowest BCUT2D eigenvalue weighted by Crippen LogP contribution is -2.38. The molecule has 0 saturated carbocycles. The van der Waals surface area contributed by atoms with Crippen molar-refractivity contribution in [1.82, 2.24) is 19.4 Å². The standard InChI is InChI=1S/C17H21N5.C4H4O4/c1-20-8-4-9-21(12-11-20)17-19-15-6-3-2-5-14(15)13-16-18-7-10-22(16)17;5-3(6)1-2-4(7)8/h2-3,5-7,10H,4,8-9,11-13H2,1H3;1-2H,(H,5,6)(H,7,8)/b;2-1-. The van der Waals surface area contributed by atoms with Gasteiger partial charge in [-0.2, -0.15) is 0 Å². The number of aromatic nitrogens is 2. The van der Waals surface area contributed by atoms with Crippen molar-refractivity contribution in [3.63, 3.8) is 0 Å². The third kappa shape index (κ3) is 5.54. The maximum atomic E-state index is 9.55. The molecule has 1 aromatic carbocycles. The Morgan fingerprint density at radius 1 is 1.03 bits per heavy atom. The molecule has 0 radical (unpaired) electrons. The Kier molecular flexibility index (Phi) is 6.97. The van der Waals surface area contributed by atoms with Gasteiger partial charge in [0, 0.05) is 50.6 Å². The maximum Gasteiger partial charge on any atom is 0.328 e. The molecule has 3 heterocycles. The summed E-state index contributed by atoms with van der Waals surface area (Å²) >= 11 is 0. The minimum atomic E-state index is -1.26. The molecule has 2 aromatic rings. The highest BCUT2D eigenvalue weighted by molar-refractivity contribution is 5.89. The van der Waals surface area contributed by atoms with Gasteiger partial charge in [0.05, 0.1) is 5.69 Å². The van der Waals surface area contributed by atoms with E-state index in [1.807, 2.05) is 12.4 Å². The lowest BCUT2D eigenvalue weighted by molar-refractivity contribution is -0.134. The van der Waals surface area contributed by atoms with Crippen molar-refractivity contribution in [3.8, 4) is 0 Å². The van der Waals surface area contributed by atoms with E-state index in [2.05, 4.69) is 50.7 Å². The molecule has 0 bridgehead atoms. The number of nitrogens with zero attached hydrogens (tertiary/aromatic N) is 5. The molecule has 1 fully saturated rings. The summed E-state index contributed by atoms with van der Waals surface area (Å²) in [6, 6.07) is 8.39. The van der Waals surface area contributed by atoms with Crippen LogP contribution < -0.4 is 0 Å². The summed E-state index contributed by atoms with van der Waals surface area (Å²) in [5.41, 5.74) is 2.32. The number of carbonyl (C=O) groups is 2. The van der Waals surface area contributed by atoms with Crippen molar-refractivity contribution in [2.24, 2.45) is 4.99 Å². The molecule has 1 saturated heterocycles. The van der Waals surface area contributed by atoms with Crippen LogP contribution in [-0.2, 0) is 16.0 Å². The SMILES string of the molecule is CN1CCCN(C2=Nc3ccccc3Cc3nccn32)CC1.O=C(O)/C=C\C(=O)O. The van der Waals surface area contributed by atoms with E-state index in [1.54, 1.807) is 0 Å². The first-order valence-electron chi connectivity index (χ1n) is 9.70. The van der Waals surface area contributed by atoms with Gasteiger partial charge in [0.25, 0.3) is 0 Å². The fourth-order valence-corrected chi connectivity index (χ4v) is 3.36. The van der Waals surface area contributed by atoms with Crippen LogP contribution in [0.25, 0.3) is 0 Å². The predicted molar refractivity (Wildman–Crippen MR) is 112 cm³/mol. The summed E-state index contributed by atoms with van der Waals surface area (Å²) < 4.78 is 2.16. The zero-order valence-corrected chi connectivity index (χ0v) is 16.8. The molecule has 0 spiro atoms. The van der Waals surface area contributed by atoms with Crippen LogP contribution in [0.3, 0.4) is 0 Å². The van der Waals surface area contributed by atoms with E-state index in [1.165, 1.54) is 12.0 Å². The van der Waals surface area contributed by atoms with Crippen LogP contribution in [0, 0.1) is 0 Å². The first-order chi connectivity index (χ1) is 14.4. The van der Waals surface area contributed by atoms with Crippen molar-refractivity contribution in [3.05, 3.63) is 60.2 Å². The van der Waals surface area contributed by atoms with Gasteiger partial charge in [0.1, 0.15) is 5.82 Å². The summed E-state index contributed by atoms with van der Waals surface area (Å²) in [5, 5.41) is 15.6. The largest absolute Gasteiger partial charge is 0.478 e. The zero-order valence-electron chi connectivity index (χ0n) is 16.8. The number of fused-ring (bicyclic) bond motifs is 2. The Morgan fingerprint density at radius 2 is 1.77 bits per heavy atom. The number of likely N-dealkylation sites (N-methyl/N-ethyl adjacent to an activating group) is 1. The molecule has 2 N–H and O–H groups in total. The molecular weight excluding hydrogens is 386 g/mol. The highest BCUT2D eigenvalue weighted by Crippen LogP contribution is 2.26. The summed E-state index contributed by atoms with van der Waals surface area (Å²) in [4.78, 5) is 33.4. The number of carboxylic acid groups (broad SMARTS) is 2. The number of para-hydroxylation sites is 1. The fourth-order valence-electron chi connectivity index (χ4n) is 3.36. The van der Waals surface area contributed by atoms with E-state index in [0.29, 0.717) is 12.2 Å². The second kappa shape index (κ2) is 9.84. The second-order valence-electron chi connectivity index (χ2n) is 7.08. The van der Waals surface area contributed by atoms with Gasteiger partial charge < -0.3 is 20.0 Å². The predicted octanol–water partition coefficient (Wildman–Crippen LogP) is 1.67. The number of benzene rings is 1. The average molecular weight is 411 g/mol. The second-order valence-corrected chi connectivity index (χ2v) is 7.08. The maximum absolute atomic E-state index is 9.55. The van der Waals surface area contributed by atoms with Gasteiger partial charge in [-0.25, -0.2) is 19.6 Å². The van der Waals surface area contributed by atoms with E-state index in [-0.39, 0.29) is 0 Å². The van der Waals surface area contributed by atoms with Gasteiger partial charge in [0.15, 0.2) is 0 Å². The zero-order chi connectivity index (χ0) is 21.5. The molecule has 9 nitrogen and oxygen atoms in total.